The topological polar surface area (TPSA) is 66.8 Å². The Morgan fingerprint density at radius 2 is 1.96 bits per heavy atom. The summed E-state index contributed by atoms with van der Waals surface area (Å²) in [5.41, 5.74) is 1.48. The van der Waals surface area contributed by atoms with E-state index in [2.05, 4.69) is 22.5 Å². The van der Waals surface area contributed by atoms with E-state index in [0.717, 1.165) is 16.0 Å². The zero-order valence-electron chi connectivity index (χ0n) is 14.3. The Morgan fingerprint density at radius 1 is 1.30 bits per heavy atom. The fraction of sp³-hybridized carbons (Fsp3) is 0.368. The number of hydrogen-bond donors (Lipinski definition) is 1. The minimum Gasteiger partial charge on any atom is -0.491 e. The smallest absolute Gasteiger partial charge is 0.254 e. The number of alkyl halides is 3. The minimum atomic E-state index is -1.66. The summed E-state index contributed by atoms with van der Waals surface area (Å²) < 4.78 is 5.38. The van der Waals surface area contributed by atoms with Gasteiger partial charge in [0.15, 0.2) is 9.75 Å². The molecule has 0 aromatic heterocycles. The number of amides is 2. The number of benzene rings is 1. The molecular weight excluding hydrogens is 457 g/mol. The molecular formula is C19H18BrCl2NO4. The molecule has 2 aliphatic rings. The summed E-state index contributed by atoms with van der Waals surface area (Å²) >= 11 is 16.8. The largest absolute Gasteiger partial charge is 0.491 e. The lowest BCUT2D eigenvalue weighted by Gasteiger charge is -2.42. The van der Waals surface area contributed by atoms with Crippen LogP contribution < -0.4 is 4.74 Å². The first-order valence-corrected chi connectivity index (χ1v) is 10.2. The van der Waals surface area contributed by atoms with Crippen molar-refractivity contribution in [2.75, 3.05) is 18.7 Å². The molecule has 1 saturated heterocycles. The van der Waals surface area contributed by atoms with Crippen molar-refractivity contribution in [1.29, 1.82) is 0 Å². The maximum atomic E-state index is 13.1. The Labute approximate surface area is 175 Å². The molecule has 1 N–H and O–H groups in total. The van der Waals surface area contributed by atoms with Crippen LogP contribution in [0.3, 0.4) is 0 Å². The fourth-order valence-electron chi connectivity index (χ4n) is 3.67. The number of rotatable bonds is 6. The number of allylic oxidation sites excluding steroid dienone is 3. The van der Waals surface area contributed by atoms with E-state index in [9.17, 15) is 9.59 Å². The van der Waals surface area contributed by atoms with Gasteiger partial charge >= 0.3 is 0 Å². The molecule has 8 heteroatoms. The lowest BCUT2D eigenvalue weighted by atomic mass is 9.68. The molecule has 1 aliphatic heterocycles. The number of aliphatic hydroxyl groups excluding tert-OH is 1. The Hall–Kier alpha value is -1.34. The van der Waals surface area contributed by atoms with E-state index < -0.39 is 27.5 Å². The first-order valence-electron chi connectivity index (χ1n) is 8.31. The number of carbonyl (C=O) groups is 2. The van der Waals surface area contributed by atoms with Crippen LogP contribution in [0.1, 0.15) is 17.9 Å². The van der Waals surface area contributed by atoms with Crippen molar-refractivity contribution < 1.29 is 19.4 Å². The van der Waals surface area contributed by atoms with Gasteiger partial charge in [0.05, 0.1) is 12.1 Å². The molecule has 1 heterocycles. The van der Waals surface area contributed by atoms with Crippen molar-refractivity contribution >= 4 is 50.9 Å². The number of imide groups is 1. The van der Waals surface area contributed by atoms with Crippen LogP contribution in [0.15, 0.2) is 48.6 Å². The van der Waals surface area contributed by atoms with Crippen molar-refractivity contribution in [3.05, 3.63) is 54.1 Å². The third kappa shape index (κ3) is 2.94. The molecule has 27 heavy (non-hydrogen) atoms. The van der Waals surface area contributed by atoms with Crippen LogP contribution >= 0.6 is 39.1 Å². The second-order valence-corrected chi connectivity index (χ2v) is 8.10. The van der Waals surface area contributed by atoms with Gasteiger partial charge < -0.3 is 9.84 Å². The van der Waals surface area contributed by atoms with Crippen molar-refractivity contribution in [2.24, 2.45) is 0 Å². The monoisotopic (exact) mass is 473 g/mol. The van der Waals surface area contributed by atoms with Gasteiger partial charge in [-0.2, -0.15) is 0 Å². The van der Waals surface area contributed by atoms with E-state index >= 15 is 0 Å². The molecule has 0 radical (unpaired) electrons. The summed E-state index contributed by atoms with van der Waals surface area (Å²) in [7, 11) is 0. The van der Waals surface area contributed by atoms with Crippen LogP contribution in [0.4, 0.5) is 0 Å². The van der Waals surface area contributed by atoms with Gasteiger partial charge in [0.2, 0.25) is 0 Å². The van der Waals surface area contributed by atoms with E-state index in [1.54, 1.807) is 30.3 Å². The number of ether oxygens (including phenoxy) is 1. The number of likely N-dealkylation sites (tertiary alicyclic amines) is 1. The molecule has 144 valence electrons. The lowest BCUT2D eigenvalue weighted by molar-refractivity contribution is -0.138. The second-order valence-electron chi connectivity index (χ2n) is 6.36. The fourth-order valence-corrected chi connectivity index (χ4v) is 5.01. The number of hydrogen-bond acceptors (Lipinski definition) is 4. The van der Waals surface area contributed by atoms with Crippen LogP contribution in [0.25, 0.3) is 0 Å². The van der Waals surface area contributed by atoms with E-state index in [1.165, 1.54) is 0 Å². The molecule has 3 rings (SSSR count). The Kier molecular flexibility index (Phi) is 5.73. The van der Waals surface area contributed by atoms with Gasteiger partial charge in [-0.25, -0.2) is 0 Å². The molecule has 2 amide bonds. The third-order valence-electron chi connectivity index (χ3n) is 5.00. The number of fused-ring (bicyclic) bond motifs is 1. The van der Waals surface area contributed by atoms with Crippen LogP contribution in [-0.2, 0) is 9.59 Å². The van der Waals surface area contributed by atoms with Gasteiger partial charge in [-0.15, -0.1) is 23.2 Å². The summed E-state index contributed by atoms with van der Waals surface area (Å²) in [6.45, 7) is 3.92. The molecule has 0 spiro atoms. The average molecular weight is 475 g/mol. The summed E-state index contributed by atoms with van der Waals surface area (Å²) in [4.78, 5) is 23.7. The highest BCUT2D eigenvalue weighted by atomic mass is 79.9. The van der Waals surface area contributed by atoms with Crippen LogP contribution in [-0.4, -0.2) is 50.2 Å². The standard InChI is InChI=1S/C19H18BrCl2NO4/c1-2-12-7-8-18(21)16(25)23(11-20)17(26)19(18,22)15(12)13-3-5-14(6-4-13)27-10-9-24/h2-7,15,24H,1,8-11H2/t15-,18-,19+/m1/s1. The predicted molar refractivity (Wildman–Crippen MR) is 107 cm³/mol. The summed E-state index contributed by atoms with van der Waals surface area (Å²) in [5.74, 6) is -1.10. The van der Waals surface area contributed by atoms with Crippen molar-refractivity contribution in [3.63, 3.8) is 0 Å². The Balaban J connectivity index is 2.10. The van der Waals surface area contributed by atoms with E-state index in [4.69, 9.17) is 33.0 Å². The van der Waals surface area contributed by atoms with Gasteiger partial charge in [0.25, 0.3) is 11.8 Å². The molecule has 1 aromatic carbocycles. The minimum absolute atomic E-state index is 0.0255. The SMILES string of the molecule is C=CC1=CC[C@@]2(Cl)C(=O)N(CBr)C(=O)[C@@]2(Cl)[C@H]1c1ccc(OCCO)cc1. The normalized spacial score (nSPS) is 30.1. The molecule has 3 atom stereocenters. The lowest BCUT2D eigenvalue weighted by Crippen LogP contribution is -2.54. The number of aliphatic hydroxyl groups is 1. The van der Waals surface area contributed by atoms with Crippen molar-refractivity contribution in [3.8, 4) is 5.75 Å². The van der Waals surface area contributed by atoms with E-state index in [1.807, 2.05) is 6.08 Å². The van der Waals surface area contributed by atoms with Gasteiger partial charge in [-0.05, 0) is 29.7 Å². The Bertz CT molecular complexity index is 812. The first-order chi connectivity index (χ1) is 12.8. The highest BCUT2D eigenvalue weighted by Crippen LogP contribution is 2.59. The predicted octanol–water partition coefficient (Wildman–Crippen LogP) is 3.33. The second kappa shape index (κ2) is 7.59. The van der Waals surface area contributed by atoms with Crippen molar-refractivity contribution in [1.82, 2.24) is 4.90 Å². The van der Waals surface area contributed by atoms with Crippen LogP contribution in [0.2, 0.25) is 0 Å². The van der Waals surface area contributed by atoms with Gasteiger partial charge in [0.1, 0.15) is 12.4 Å². The maximum absolute atomic E-state index is 13.1. The van der Waals surface area contributed by atoms with Gasteiger partial charge in [-0.3, -0.25) is 14.5 Å². The first kappa shape index (κ1) is 20.4. The quantitative estimate of drug-likeness (QED) is 0.390. The zero-order valence-corrected chi connectivity index (χ0v) is 17.4. The summed E-state index contributed by atoms with van der Waals surface area (Å²) in [6, 6.07) is 6.99. The third-order valence-corrected chi connectivity index (χ3v) is 6.91. The van der Waals surface area contributed by atoms with E-state index in [-0.39, 0.29) is 25.1 Å². The molecule has 1 aromatic rings. The summed E-state index contributed by atoms with van der Waals surface area (Å²) in [5, 5.41) is 8.87. The maximum Gasteiger partial charge on any atom is 0.254 e. The highest BCUT2D eigenvalue weighted by Gasteiger charge is 2.72. The van der Waals surface area contributed by atoms with Crippen molar-refractivity contribution in [2.45, 2.75) is 22.1 Å². The molecule has 1 aliphatic carbocycles. The van der Waals surface area contributed by atoms with Gasteiger partial charge in [0, 0.05) is 5.92 Å². The van der Waals surface area contributed by atoms with Crippen LogP contribution in [0.5, 0.6) is 5.75 Å². The molecule has 5 nitrogen and oxygen atoms in total. The van der Waals surface area contributed by atoms with Gasteiger partial charge in [-0.1, -0.05) is 46.8 Å². The zero-order chi connectivity index (χ0) is 19.8. The number of carbonyl (C=O) groups excluding carboxylic acids is 2. The summed E-state index contributed by atoms with van der Waals surface area (Å²) in [6.07, 6.45) is 3.59. The molecule has 1 fully saturated rings. The van der Waals surface area contributed by atoms with Crippen LogP contribution in [0, 0.1) is 0 Å². The molecule has 0 unspecified atom stereocenters. The average Bonchev–Trinajstić information content (AvgIpc) is 2.83. The highest BCUT2D eigenvalue weighted by molar-refractivity contribution is 9.09. The Morgan fingerprint density at radius 3 is 2.52 bits per heavy atom. The molecule has 0 bridgehead atoms. The van der Waals surface area contributed by atoms with E-state index in [0.29, 0.717) is 5.75 Å². The number of halogens is 3. The number of nitrogens with zero attached hydrogens (tertiary/aromatic N) is 1. The molecule has 0 saturated carbocycles.